The van der Waals surface area contributed by atoms with E-state index in [-0.39, 0.29) is 11.8 Å². The minimum Gasteiger partial charge on any atom is -0.479 e. The number of aliphatic carboxylic acids is 1. The van der Waals surface area contributed by atoms with Gasteiger partial charge >= 0.3 is 5.97 Å². The van der Waals surface area contributed by atoms with Gasteiger partial charge in [0.2, 0.25) is 5.79 Å². The molecule has 0 amide bonds. The Balaban J connectivity index is 1.86. The van der Waals surface area contributed by atoms with E-state index in [0.717, 1.165) is 25.7 Å². The Morgan fingerprint density at radius 1 is 1.14 bits per heavy atom. The van der Waals surface area contributed by atoms with Gasteiger partial charge in [-0.1, -0.05) is 6.92 Å². The number of rotatable bonds is 1. The molecule has 6 heteroatoms. The molecule has 0 radical (unpaired) electrons. The smallest absolute Gasteiger partial charge is 0.336 e. The molecule has 7 atom stereocenters. The molecule has 1 N–H and O–H groups in total. The van der Waals surface area contributed by atoms with Crippen molar-refractivity contribution in [1.82, 2.24) is 0 Å². The van der Waals surface area contributed by atoms with E-state index in [1.807, 2.05) is 6.92 Å². The average molecular weight is 298 g/mol. The van der Waals surface area contributed by atoms with Crippen molar-refractivity contribution in [2.75, 3.05) is 0 Å². The van der Waals surface area contributed by atoms with Gasteiger partial charge in [0.05, 0.1) is 0 Å². The highest BCUT2D eigenvalue weighted by molar-refractivity contribution is 5.78. The van der Waals surface area contributed by atoms with Crippen LogP contribution in [0.5, 0.6) is 0 Å². The first-order valence-electron chi connectivity index (χ1n) is 7.78. The molecule has 1 unspecified atom stereocenters. The van der Waals surface area contributed by atoms with Gasteiger partial charge in [-0.05, 0) is 44.9 Å². The summed E-state index contributed by atoms with van der Waals surface area (Å²) in [4.78, 5) is 23.3. The molecule has 1 spiro atoms. The van der Waals surface area contributed by atoms with Crippen LogP contribution >= 0.6 is 0 Å². The Labute approximate surface area is 123 Å². The Hall–Kier alpha value is -0.690. The lowest BCUT2D eigenvalue weighted by molar-refractivity contribution is -0.541. The fourth-order valence-corrected chi connectivity index (χ4v) is 4.91. The standard InChI is InChI=1S/C15H22O6/c1-8-4-5-10-14(3,11(16)17)19-12-15(10)9(8)6-7-13(2,18-12)20-21-15/h8-10,12H,4-7H2,1-3H3,(H,16,17)/t8-,9+,10?,12-,13-,14+,15-/m1/s1. The molecule has 4 heterocycles. The van der Waals surface area contributed by atoms with Crippen molar-refractivity contribution >= 4 is 5.97 Å². The number of hydrogen-bond donors (Lipinski definition) is 1. The van der Waals surface area contributed by atoms with Crippen LogP contribution in [0.2, 0.25) is 0 Å². The Morgan fingerprint density at radius 3 is 2.62 bits per heavy atom. The summed E-state index contributed by atoms with van der Waals surface area (Å²) in [5, 5.41) is 9.68. The third-order valence-corrected chi connectivity index (χ3v) is 6.16. The van der Waals surface area contributed by atoms with Gasteiger partial charge in [0.25, 0.3) is 0 Å². The second-order valence-electron chi connectivity index (χ2n) is 7.39. The number of carboxylic acid groups (broad SMARTS) is 1. The van der Waals surface area contributed by atoms with E-state index in [9.17, 15) is 9.90 Å². The highest BCUT2D eigenvalue weighted by Crippen LogP contribution is 2.63. The van der Waals surface area contributed by atoms with E-state index in [1.54, 1.807) is 6.92 Å². The van der Waals surface area contributed by atoms with Crippen LogP contribution in [0.15, 0.2) is 0 Å². The van der Waals surface area contributed by atoms with Crippen molar-refractivity contribution in [3.05, 3.63) is 0 Å². The monoisotopic (exact) mass is 298 g/mol. The molecular weight excluding hydrogens is 276 g/mol. The number of carbonyl (C=O) groups is 1. The Kier molecular flexibility index (Phi) is 2.64. The molecular formula is C15H22O6. The van der Waals surface area contributed by atoms with Crippen LogP contribution in [-0.4, -0.2) is 34.4 Å². The van der Waals surface area contributed by atoms with Gasteiger partial charge in [0.1, 0.15) is 0 Å². The first-order chi connectivity index (χ1) is 9.82. The molecule has 1 aliphatic carbocycles. The molecule has 0 aromatic rings. The van der Waals surface area contributed by atoms with Crippen molar-refractivity contribution in [2.45, 2.75) is 69.7 Å². The molecule has 4 saturated heterocycles. The molecule has 1 saturated carbocycles. The van der Waals surface area contributed by atoms with Crippen LogP contribution in [0, 0.1) is 17.8 Å². The van der Waals surface area contributed by atoms with Gasteiger partial charge < -0.3 is 14.6 Å². The molecule has 5 fully saturated rings. The summed E-state index contributed by atoms with van der Waals surface area (Å²) in [7, 11) is 0. The van der Waals surface area contributed by atoms with Gasteiger partial charge in [-0.15, -0.1) is 0 Å². The second-order valence-corrected chi connectivity index (χ2v) is 7.39. The third kappa shape index (κ3) is 1.54. The summed E-state index contributed by atoms with van der Waals surface area (Å²) < 4.78 is 11.9. The third-order valence-electron chi connectivity index (χ3n) is 6.16. The maximum Gasteiger partial charge on any atom is 0.336 e. The zero-order valence-electron chi connectivity index (χ0n) is 12.6. The molecule has 4 aliphatic heterocycles. The molecule has 6 nitrogen and oxygen atoms in total. The van der Waals surface area contributed by atoms with E-state index < -0.39 is 29.2 Å². The number of hydrogen-bond acceptors (Lipinski definition) is 5. The molecule has 0 aromatic carbocycles. The van der Waals surface area contributed by atoms with Gasteiger partial charge in [-0.2, -0.15) is 0 Å². The first kappa shape index (κ1) is 13.9. The zero-order valence-corrected chi connectivity index (χ0v) is 12.6. The normalized spacial score (nSPS) is 58.6. The van der Waals surface area contributed by atoms with E-state index >= 15 is 0 Å². The first-order valence-corrected chi connectivity index (χ1v) is 7.78. The second kappa shape index (κ2) is 3.98. The van der Waals surface area contributed by atoms with Crippen LogP contribution in [0.25, 0.3) is 0 Å². The van der Waals surface area contributed by atoms with Crippen molar-refractivity contribution in [1.29, 1.82) is 0 Å². The van der Waals surface area contributed by atoms with Gasteiger partial charge in [-0.3, -0.25) is 0 Å². The minimum atomic E-state index is -1.28. The molecule has 0 aromatic heterocycles. The van der Waals surface area contributed by atoms with Crippen molar-refractivity contribution < 1.29 is 29.1 Å². The van der Waals surface area contributed by atoms with Crippen molar-refractivity contribution in [2.24, 2.45) is 17.8 Å². The predicted octanol–water partition coefficient (Wildman–Crippen LogP) is 2.08. The molecule has 21 heavy (non-hydrogen) atoms. The quantitative estimate of drug-likeness (QED) is 0.747. The lowest BCUT2D eigenvalue weighted by atomic mass is 9.60. The zero-order chi connectivity index (χ0) is 15.0. The highest BCUT2D eigenvalue weighted by atomic mass is 17.3. The Morgan fingerprint density at radius 2 is 1.90 bits per heavy atom. The van der Waals surface area contributed by atoms with Crippen molar-refractivity contribution in [3.8, 4) is 0 Å². The lowest BCUT2D eigenvalue weighted by Gasteiger charge is -2.50. The maximum atomic E-state index is 11.8. The molecule has 2 bridgehead atoms. The summed E-state index contributed by atoms with van der Waals surface area (Å²) in [6.45, 7) is 5.67. The highest BCUT2D eigenvalue weighted by Gasteiger charge is 2.75. The summed E-state index contributed by atoms with van der Waals surface area (Å²) in [5.41, 5.74) is -2.07. The van der Waals surface area contributed by atoms with Crippen LogP contribution < -0.4 is 0 Å². The summed E-state index contributed by atoms with van der Waals surface area (Å²) in [6, 6.07) is 0. The van der Waals surface area contributed by atoms with Crippen LogP contribution in [-0.2, 0) is 24.0 Å². The fourth-order valence-electron chi connectivity index (χ4n) is 4.91. The number of ether oxygens (including phenoxy) is 2. The summed E-state index contributed by atoms with van der Waals surface area (Å²) in [5.74, 6) is -1.41. The maximum absolute atomic E-state index is 11.8. The topological polar surface area (TPSA) is 74.2 Å². The summed E-state index contributed by atoms with van der Waals surface area (Å²) in [6.07, 6.45) is 2.71. The number of fused-ring (bicyclic) bond motifs is 2. The fraction of sp³-hybridized carbons (Fsp3) is 0.933. The van der Waals surface area contributed by atoms with Gasteiger partial charge in [-0.25, -0.2) is 14.6 Å². The SMILES string of the molecule is C[C@@H]1CCC2[C@]34OO[C@](C)(CC[C@@H]13)O[C@@H]4O[C@]2(C)C(=O)O. The van der Waals surface area contributed by atoms with E-state index in [4.69, 9.17) is 19.2 Å². The van der Waals surface area contributed by atoms with Crippen LogP contribution in [0.4, 0.5) is 0 Å². The van der Waals surface area contributed by atoms with Crippen LogP contribution in [0.1, 0.15) is 46.5 Å². The molecule has 118 valence electrons. The predicted molar refractivity (Wildman–Crippen MR) is 69.9 cm³/mol. The Bertz CT molecular complexity index is 495. The minimum absolute atomic E-state index is 0.201. The van der Waals surface area contributed by atoms with Gasteiger partial charge in [0, 0.05) is 12.3 Å². The average Bonchev–Trinajstić information content (AvgIpc) is 2.52. The molecule has 5 rings (SSSR count). The van der Waals surface area contributed by atoms with E-state index in [0.29, 0.717) is 5.92 Å². The lowest BCUT2D eigenvalue weighted by Crippen LogP contribution is -2.62. The number of carboxylic acids is 1. The van der Waals surface area contributed by atoms with Crippen LogP contribution in [0.3, 0.4) is 0 Å². The molecule has 5 aliphatic rings. The van der Waals surface area contributed by atoms with Crippen molar-refractivity contribution in [3.63, 3.8) is 0 Å². The largest absolute Gasteiger partial charge is 0.479 e. The summed E-state index contributed by atoms with van der Waals surface area (Å²) >= 11 is 0. The van der Waals surface area contributed by atoms with E-state index in [1.165, 1.54) is 0 Å². The van der Waals surface area contributed by atoms with Gasteiger partial charge in [0.15, 0.2) is 17.5 Å². The van der Waals surface area contributed by atoms with E-state index in [2.05, 4.69) is 6.92 Å².